The van der Waals surface area contributed by atoms with Crippen molar-refractivity contribution in [3.63, 3.8) is 0 Å². The quantitative estimate of drug-likeness (QED) is 0.165. The number of nitrogens with zero attached hydrogens (tertiary/aromatic N) is 4. The average Bonchev–Trinajstić information content (AvgIpc) is 3.77. The number of furan rings is 1. The molecule has 0 saturated heterocycles. The molecule has 0 aliphatic rings. The lowest BCUT2D eigenvalue weighted by molar-refractivity contribution is 0.669. The number of hydrogen-bond acceptors (Lipinski definition) is 5. The lowest BCUT2D eigenvalue weighted by Crippen LogP contribution is -2.10. The minimum Gasteiger partial charge on any atom is -0.456 e. The van der Waals surface area contributed by atoms with Gasteiger partial charge in [-0.05, 0) is 65.0 Å². The number of aromatic nitrogens is 3. The first-order valence-corrected chi connectivity index (χ1v) is 16.7. The van der Waals surface area contributed by atoms with Gasteiger partial charge in [-0.15, -0.1) is 0 Å². The summed E-state index contributed by atoms with van der Waals surface area (Å²) in [5, 5.41) is 1.49. The van der Waals surface area contributed by atoms with Crippen molar-refractivity contribution in [3.05, 3.63) is 194 Å². The monoisotopic (exact) mass is 708 g/mol. The molecule has 0 N–H and O–H groups in total. The summed E-state index contributed by atoms with van der Waals surface area (Å²) in [4.78, 5) is 15.6. The van der Waals surface area contributed by atoms with E-state index in [-0.39, 0.29) is 33.1 Å². The summed E-state index contributed by atoms with van der Waals surface area (Å²) in [6.45, 7) is 0. The maximum atomic E-state index is 10.0. The third kappa shape index (κ3) is 5.65. The third-order valence-electron chi connectivity index (χ3n) is 8.82. The van der Waals surface area contributed by atoms with E-state index in [1.54, 1.807) is 24.3 Å². The van der Waals surface area contributed by atoms with Crippen LogP contribution < -0.4 is 4.90 Å². The highest BCUT2D eigenvalue weighted by Gasteiger charge is 2.20. The highest BCUT2D eigenvalue weighted by molar-refractivity contribution is 6.13. The lowest BCUT2D eigenvalue weighted by Gasteiger charge is -2.27. The van der Waals surface area contributed by atoms with Crippen LogP contribution in [-0.2, 0) is 0 Å². The van der Waals surface area contributed by atoms with Crippen LogP contribution in [-0.4, -0.2) is 15.0 Å². The second kappa shape index (κ2) is 13.3. The molecule has 0 amide bonds. The summed E-state index contributed by atoms with van der Waals surface area (Å²) in [7, 11) is 0. The van der Waals surface area contributed by atoms with Gasteiger partial charge in [-0.3, -0.25) is 0 Å². The highest BCUT2D eigenvalue weighted by Crippen LogP contribution is 2.42. The molecule has 0 aliphatic carbocycles. The largest absolute Gasteiger partial charge is 0.456 e. The number of rotatable bonds is 7. The molecular weight excluding hydrogens is 661 g/mol. The van der Waals surface area contributed by atoms with E-state index in [0.29, 0.717) is 11.3 Å². The van der Waals surface area contributed by atoms with Gasteiger partial charge in [-0.1, -0.05) is 145 Å². The van der Waals surface area contributed by atoms with Gasteiger partial charge >= 0.3 is 0 Å². The van der Waals surface area contributed by atoms with Crippen molar-refractivity contribution in [2.45, 2.75) is 0 Å². The normalized spacial score (nSPS) is 15.5. The molecule has 0 radical (unpaired) electrons. The van der Waals surface area contributed by atoms with Gasteiger partial charge in [0.2, 0.25) is 0 Å². The molecule has 254 valence electrons. The predicted molar refractivity (Wildman–Crippen MR) is 221 cm³/mol. The van der Waals surface area contributed by atoms with Gasteiger partial charge in [0.15, 0.2) is 17.5 Å². The van der Waals surface area contributed by atoms with Crippen LogP contribution in [0.2, 0.25) is 0 Å². The number of fused-ring (bicyclic) bond motifs is 4. The molecule has 0 spiro atoms. The molecule has 0 bridgehead atoms. The van der Waals surface area contributed by atoms with Crippen molar-refractivity contribution in [3.8, 4) is 45.3 Å². The first-order valence-electron chi connectivity index (χ1n) is 24.7. The minimum atomic E-state index is -0.765. The molecule has 0 aliphatic heterocycles. The van der Waals surface area contributed by atoms with Crippen molar-refractivity contribution < 1.29 is 26.3 Å². The van der Waals surface area contributed by atoms with E-state index in [2.05, 4.69) is 19.9 Å². The standard InChI is InChI=1S/C49H32N4O/c1-4-16-35(17-5-1)47-50-48(36-18-6-2-7-19-36)52-49(51-47)42-31-37(32-45-46(42)41-24-12-13-26-44(41)54-45)33-27-29-39(30-28-33)53(38-21-8-3-9-22-38)43-25-14-20-34-15-10-11-23-40(34)43/h1-32H/i1D,2D,4D,5D,6D,7D,12D,13D,16D,17D,18D,19D,24D,26D,31D,32D. The van der Waals surface area contributed by atoms with Crippen LogP contribution in [0.4, 0.5) is 17.1 Å². The Labute approximate surface area is 335 Å². The molecule has 10 rings (SSSR count). The zero-order chi connectivity index (χ0) is 49.8. The average molecular weight is 709 g/mol. The van der Waals surface area contributed by atoms with Crippen LogP contribution >= 0.6 is 0 Å². The Hall–Kier alpha value is -7.37. The summed E-state index contributed by atoms with van der Waals surface area (Å²) in [6.07, 6.45) is 0. The zero-order valence-electron chi connectivity index (χ0n) is 43.9. The molecule has 54 heavy (non-hydrogen) atoms. The Morgan fingerprint density at radius 2 is 1.06 bits per heavy atom. The van der Waals surface area contributed by atoms with Crippen molar-refractivity contribution in [2.24, 2.45) is 0 Å². The minimum absolute atomic E-state index is 0.0890. The Balaban J connectivity index is 1.30. The summed E-state index contributed by atoms with van der Waals surface area (Å²) in [5.41, 5.74) is 0.447. The first kappa shape index (κ1) is 18.9. The van der Waals surface area contributed by atoms with Crippen LogP contribution in [0.3, 0.4) is 0 Å². The molecule has 5 heteroatoms. The van der Waals surface area contributed by atoms with Crippen molar-refractivity contribution in [2.75, 3.05) is 4.90 Å². The maximum absolute atomic E-state index is 10.0. The first-order chi connectivity index (χ1) is 33.4. The summed E-state index contributed by atoms with van der Waals surface area (Å²) in [6, 6.07) is 19.5. The molecular formula is C49H32N4O. The van der Waals surface area contributed by atoms with Gasteiger partial charge in [0.25, 0.3) is 0 Å². The Bertz CT molecular complexity index is 3720. The zero-order valence-corrected chi connectivity index (χ0v) is 27.9. The van der Waals surface area contributed by atoms with Crippen molar-refractivity contribution in [1.29, 1.82) is 0 Å². The molecule has 0 fully saturated rings. The van der Waals surface area contributed by atoms with E-state index in [1.165, 1.54) is 0 Å². The highest BCUT2D eigenvalue weighted by atomic mass is 16.3. The number of para-hydroxylation sites is 2. The number of hydrogen-bond donors (Lipinski definition) is 0. The fourth-order valence-corrected chi connectivity index (χ4v) is 6.41. The molecule has 2 aromatic heterocycles. The van der Waals surface area contributed by atoms with E-state index < -0.39 is 125 Å². The van der Waals surface area contributed by atoms with Crippen LogP contribution in [0, 0.1) is 0 Å². The topological polar surface area (TPSA) is 55.1 Å². The summed E-state index contributed by atoms with van der Waals surface area (Å²) >= 11 is 0. The van der Waals surface area contributed by atoms with Gasteiger partial charge in [-0.25, -0.2) is 15.0 Å². The SMILES string of the molecule is [2H]c1c([2H])c([2H])c(-c2nc(-c3c([2H])c([2H])c([2H])c([2H])c3[2H])nc(-c3c([2H])c(-c4ccc(N(c5ccccc5)c5cccc6ccccc56)cc4)c([2H])c4oc5c([2H])c([2H])c([2H])c([2H])c5c34)n2)c([2H])c1[2H]. The van der Waals surface area contributed by atoms with Gasteiger partial charge < -0.3 is 9.32 Å². The van der Waals surface area contributed by atoms with Crippen molar-refractivity contribution >= 4 is 49.8 Å². The van der Waals surface area contributed by atoms with Gasteiger partial charge in [0.05, 0.1) is 27.6 Å². The van der Waals surface area contributed by atoms with Crippen LogP contribution in [0.15, 0.2) is 198 Å². The Kier molecular flexibility index (Phi) is 4.66. The lowest BCUT2D eigenvalue weighted by atomic mass is 9.97. The predicted octanol–water partition coefficient (Wildman–Crippen LogP) is 13.1. The molecule has 10 aromatic rings. The number of anilines is 3. The molecule has 0 atom stereocenters. The summed E-state index contributed by atoms with van der Waals surface area (Å²) < 4.78 is 146. The molecule has 0 unspecified atom stereocenters. The Morgan fingerprint density at radius 3 is 1.80 bits per heavy atom. The third-order valence-corrected chi connectivity index (χ3v) is 8.82. The molecule has 8 aromatic carbocycles. The van der Waals surface area contributed by atoms with E-state index in [0.717, 1.165) is 22.1 Å². The van der Waals surface area contributed by atoms with Crippen molar-refractivity contribution in [1.82, 2.24) is 15.0 Å². The van der Waals surface area contributed by atoms with E-state index in [9.17, 15) is 2.74 Å². The van der Waals surface area contributed by atoms with Crippen LogP contribution in [0.1, 0.15) is 21.9 Å². The fraction of sp³-hybridized carbons (Fsp3) is 0. The molecule has 0 saturated carbocycles. The van der Waals surface area contributed by atoms with E-state index in [4.69, 9.17) is 23.6 Å². The smallest absolute Gasteiger partial charge is 0.164 e. The van der Waals surface area contributed by atoms with E-state index >= 15 is 0 Å². The maximum Gasteiger partial charge on any atom is 0.164 e. The molecule has 5 nitrogen and oxygen atoms in total. The van der Waals surface area contributed by atoms with Crippen LogP contribution in [0.25, 0.3) is 78.0 Å². The number of benzene rings is 8. The second-order valence-corrected chi connectivity index (χ2v) is 12.0. The fourth-order valence-electron chi connectivity index (χ4n) is 6.41. The van der Waals surface area contributed by atoms with Gasteiger partial charge in [-0.2, -0.15) is 0 Å². The van der Waals surface area contributed by atoms with E-state index in [1.807, 2.05) is 72.8 Å². The van der Waals surface area contributed by atoms with Gasteiger partial charge in [0, 0.05) is 44.2 Å². The Morgan fingerprint density at radius 1 is 0.444 bits per heavy atom. The second-order valence-electron chi connectivity index (χ2n) is 12.0. The van der Waals surface area contributed by atoms with Gasteiger partial charge in [0.1, 0.15) is 11.2 Å². The molecule has 2 heterocycles. The van der Waals surface area contributed by atoms with Crippen LogP contribution in [0.5, 0.6) is 0 Å². The summed E-state index contributed by atoms with van der Waals surface area (Å²) in [5.74, 6) is -1.80.